The molecule has 0 atom stereocenters. The molecule has 0 saturated heterocycles. The highest BCUT2D eigenvalue weighted by atomic mass is 19.1. The SMILES string of the molecule is CCn1cc(C(=O)O)c(=NC2CC2)c2ccc(F)cc21. The first-order chi connectivity index (χ1) is 9.60. The summed E-state index contributed by atoms with van der Waals surface area (Å²) in [6, 6.07) is 4.60. The average molecular weight is 274 g/mol. The molecule has 1 aliphatic carbocycles. The van der Waals surface area contributed by atoms with Crippen LogP contribution in [0.3, 0.4) is 0 Å². The summed E-state index contributed by atoms with van der Waals surface area (Å²) in [4.78, 5) is 16.0. The van der Waals surface area contributed by atoms with E-state index in [1.807, 2.05) is 6.92 Å². The molecule has 0 radical (unpaired) electrons. The number of aromatic nitrogens is 1. The summed E-state index contributed by atoms with van der Waals surface area (Å²) in [5, 5.41) is 10.6. The predicted molar refractivity (Wildman–Crippen MR) is 73.1 cm³/mol. The lowest BCUT2D eigenvalue weighted by molar-refractivity contribution is 0.0694. The average Bonchev–Trinajstić information content (AvgIpc) is 3.22. The number of hydrogen-bond donors (Lipinski definition) is 1. The Morgan fingerprint density at radius 2 is 2.25 bits per heavy atom. The summed E-state index contributed by atoms with van der Waals surface area (Å²) in [6.45, 7) is 2.47. The molecule has 0 bridgehead atoms. The molecule has 1 heterocycles. The Hall–Kier alpha value is -2.17. The van der Waals surface area contributed by atoms with E-state index in [9.17, 15) is 14.3 Å². The van der Waals surface area contributed by atoms with Crippen molar-refractivity contribution in [1.82, 2.24) is 4.57 Å². The lowest BCUT2D eigenvalue weighted by Gasteiger charge is -2.11. The van der Waals surface area contributed by atoms with Crippen LogP contribution in [-0.2, 0) is 6.54 Å². The number of carbonyl (C=O) groups is 1. The van der Waals surface area contributed by atoms with Crippen LogP contribution in [0.5, 0.6) is 0 Å². The fraction of sp³-hybridized carbons (Fsp3) is 0.333. The van der Waals surface area contributed by atoms with Gasteiger partial charge in [-0.15, -0.1) is 0 Å². The van der Waals surface area contributed by atoms with Crippen molar-refractivity contribution in [3.63, 3.8) is 0 Å². The standard InChI is InChI=1S/C15H15FN2O2/c1-2-18-8-12(15(19)20)14(17-10-4-5-10)11-6-3-9(16)7-13(11)18/h3,6-8,10H,2,4-5H2,1H3,(H,19,20). The molecule has 3 rings (SSSR count). The molecule has 1 fully saturated rings. The van der Waals surface area contributed by atoms with E-state index < -0.39 is 5.97 Å². The van der Waals surface area contributed by atoms with Crippen molar-refractivity contribution in [2.45, 2.75) is 32.4 Å². The summed E-state index contributed by atoms with van der Waals surface area (Å²) >= 11 is 0. The van der Waals surface area contributed by atoms with Crippen LogP contribution in [0.2, 0.25) is 0 Å². The normalized spacial score (nSPS) is 15.8. The second kappa shape index (κ2) is 4.74. The molecule has 0 spiro atoms. The van der Waals surface area contributed by atoms with Gasteiger partial charge in [-0.25, -0.2) is 9.18 Å². The number of aryl methyl sites for hydroxylation is 1. The summed E-state index contributed by atoms with van der Waals surface area (Å²) in [7, 11) is 0. The number of halogens is 1. The second-order valence-electron chi connectivity index (χ2n) is 5.00. The highest BCUT2D eigenvalue weighted by Gasteiger charge is 2.22. The predicted octanol–water partition coefficient (Wildman–Crippen LogP) is 2.56. The van der Waals surface area contributed by atoms with E-state index in [4.69, 9.17) is 0 Å². The maximum absolute atomic E-state index is 13.5. The largest absolute Gasteiger partial charge is 0.478 e. The van der Waals surface area contributed by atoms with Gasteiger partial charge in [0.25, 0.3) is 0 Å². The van der Waals surface area contributed by atoms with Crippen molar-refractivity contribution in [3.05, 3.63) is 41.1 Å². The van der Waals surface area contributed by atoms with E-state index in [-0.39, 0.29) is 17.4 Å². The van der Waals surface area contributed by atoms with Gasteiger partial charge in [-0.3, -0.25) is 4.99 Å². The third kappa shape index (κ3) is 2.19. The molecule has 1 aromatic heterocycles. The van der Waals surface area contributed by atoms with Crippen LogP contribution < -0.4 is 5.36 Å². The molecule has 20 heavy (non-hydrogen) atoms. The highest BCUT2D eigenvalue weighted by Crippen LogP contribution is 2.23. The van der Waals surface area contributed by atoms with E-state index in [2.05, 4.69) is 4.99 Å². The number of hydrogen-bond acceptors (Lipinski definition) is 2. The third-order valence-corrected chi connectivity index (χ3v) is 3.49. The minimum absolute atomic E-state index is 0.179. The quantitative estimate of drug-likeness (QED) is 0.935. The zero-order valence-electron chi connectivity index (χ0n) is 11.1. The van der Waals surface area contributed by atoms with E-state index in [1.54, 1.807) is 16.8 Å². The number of nitrogens with zero attached hydrogens (tertiary/aromatic N) is 2. The van der Waals surface area contributed by atoms with E-state index in [0.717, 1.165) is 12.8 Å². The van der Waals surface area contributed by atoms with E-state index in [1.165, 1.54) is 12.1 Å². The van der Waals surface area contributed by atoms with Crippen LogP contribution in [0.4, 0.5) is 4.39 Å². The smallest absolute Gasteiger partial charge is 0.339 e. The van der Waals surface area contributed by atoms with Crippen LogP contribution in [-0.4, -0.2) is 21.7 Å². The van der Waals surface area contributed by atoms with Gasteiger partial charge in [-0.2, -0.15) is 0 Å². The molecule has 1 aromatic carbocycles. The number of benzene rings is 1. The van der Waals surface area contributed by atoms with Gasteiger partial charge < -0.3 is 9.67 Å². The van der Waals surface area contributed by atoms with Crippen molar-refractivity contribution in [2.24, 2.45) is 4.99 Å². The molecule has 104 valence electrons. The number of aromatic carboxylic acids is 1. The summed E-state index contributed by atoms with van der Waals surface area (Å²) in [5.41, 5.74) is 0.856. The molecule has 1 aliphatic rings. The second-order valence-corrected chi connectivity index (χ2v) is 5.00. The number of pyridine rings is 1. The first-order valence-electron chi connectivity index (χ1n) is 6.70. The molecule has 5 heteroatoms. The van der Waals surface area contributed by atoms with Crippen molar-refractivity contribution in [1.29, 1.82) is 0 Å². The highest BCUT2D eigenvalue weighted by molar-refractivity contribution is 5.92. The van der Waals surface area contributed by atoms with E-state index in [0.29, 0.717) is 22.8 Å². The van der Waals surface area contributed by atoms with Crippen LogP contribution in [0.1, 0.15) is 30.1 Å². The van der Waals surface area contributed by atoms with Gasteiger partial charge in [0, 0.05) is 18.1 Å². The van der Waals surface area contributed by atoms with Crippen LogP contribution in [0.25, 0.3) is 10.9 Å². The Balaban J connectivity index is 2.43. The van der Waals surface area contributed by atoms with Crippen LogP contribution in [0, 0.1) is 5.82 Å². The van der Waals surface area contributed by atoms with Gasteiger partial charge in [0.15, 0.2) is 0 Å². The molecule has 0 aliphatic heterocycles. The Morgan fingerprint density at radius 1 is 1.50 bits per heavy atom. The molecule has 0 unspecified atom stereocenters. The van der Waals surface area contributed by atoms with Gasteiger partial charge in [0.2, 0.25) is 0 Å². The monoisotopic (exact) mass is 274 g/mol. The Morgan fingerprint density at radius 3 is 2.85 bits per heavy atom. The van der Waals surface area contributed by atoms with Crippen molar-refractivity contribution in [3.8, 4) is 0 Å². The molecule has 1 N–H and O–H groups in total. The first-order valence-corrected chi connectivity index (χ1v) is 6.70. The maximum Gasteiger partial charge on any atom is 0.339 e. The topological polar surface area (TPSA) is 54.6 Å². The van der Waals surface area contributed by atoms with Gasteiger partial charge in [-0.1, -0.05) is 0 Å². The van der Waals surface area contributed by atoms with Gasteiger partial charge >= 0.3 is 5.97 Å². The van der Waals surface area contributed by atoms with E-state index >= 15 is 0 Å². The number of rotatable bonds is 3. The number of carboxylic acid groups (broad SMARTS) is 1. The Bertz CT molecular complexity index is 760. The van der Waals surface area contributed by atoms with Crippen LogP contribution in [0.15, 0.2) is 29.4 Å². The Kier molecular flexibility index (Phi) is 3.04. The first kappa shape index (κ1) is 12.8. The molecule has 4 nitrogen and oxygen atoms in total. The number of carboxylic acids is 1. The molecule has 2 aromatic rings. The zero-order chi connectivity index (χ0) is 14.3. The summed E-state index contributed by atoms with van der Waals surface area (Å²) in [6.07, 6.45) is 3.53. The molecule has 1 saturated carbocycles. The fourth-order valence-corrected chi connectivity index (χ4v) is 2.32. The van der Waals surface area contributed by atoms with Gasteiger partial charge in [0.1, 0.15) is 11.4 Å². The fourth-order valence-electron chi connectivity index (χ4n) is 2.32. The summed E-state index contributed by atoms with van der Waals surface area (Å²) < 4.78 is 15.2. The van der Waals surface area contributed by atoms with Crippen LogP contribution >= 0.6 is 0 Å². The van der Waals surface area contributed by atoms with Gasteiger partial charge in [-0.05, 0) is 38.0 Å². The maximum atomic E-state index is 13.5. The minimum atomic E-state index is -1.00. The lowest BCUT2D eigenvalue weighted by atomic mass is 10.1. The molecular weight excluding hydrogens is 259 g/mol. The van der Waals surface area contributed by atoms with Crippen molar-refractivity contribution >= 4 is 16.9 Å². The number of fused-ring (bicyclic) bond motifs is 1. The van der Waals surface area contributed by atoms with Crippen molar-refractivity contribution < 1.29 is 14.3 Å². The van der Waals surface area contributed by atoms with Crippen molar-refractivity contribution in [2.75, 3.05) is 0 Å². The lowest BCUT2D eigenvalue weighted by Crippen LogP contribution is -2.21. The third-order valence-electron chi connectivity index (χ3n) is 3.49. The Labute approximate surface area is 115 Å². The molecular formula is C15H15FN2O2. The minimum Gasteiger partial charge on any atom is -0.478 e. The van der Waals surface area contributed by atoms with Gasteiger partial charge in [0.05, 0.1) is 16.9 Å². The molecule has 0 amide bonds. The zero-order valence-corrected chi connectivity index (χ0v) is 11.1. The summed E-state index contributed by atoms with van der Waals surface area (Å²) in [5.74, 6) is -1.34.